The van der Waals surface area contributed by atoms with Crippen LogP contribution < -0.4 is 16.0 Å². The van der Waals surface area contributed by atoms with E-state index < -0.39 is 6.04 Å². The lowest BCUT2D eigenvalue weighted by Gasteiger charge is -2.19. The first-order chi connectivity index (χ1) is 9.99. The molecule has 122 valence electrons. The summed E-state index contributed by atoms with van der Waals surface area (Å²) in [4.78, 5) is 25.5. The van der Waals surface area contributed by atoms with Crippen LogP contribution in [0.15, 0.2) is 24.3 Å². The molecule has 3 N–H and O–H groups in total. The lowest BCUT2D eigenvalue weighted by Crippen LogP contribution is -2.44. The van der Waals surface area contributed by atoms with Gasteiger partial charge in [0.05, 0.1) is 12.5 Å². The molecule has 0 fully saturated rings. The summed E-state index contributed by atoms with van der Waals surface area (Å²) in [5.41, 5.74) is 7.82. The minimum Gasteiger partial charge on any atom is -0.353 e. The number of para-hydroxylation sites is 1. The Bertz CT molecular complexity index is 534. The molecule has 0 saturated carbocycles. The van der Waals surface area contributed by atoms with Gasteiger partial charge in [0.15, 0.2) is 0 Å². The van der Waals surface area contributed by atoms with Crippen molar-refractivity contribution in [3.8, 4) is 0 Å². The molecule has 0 saturated heterocycles. The molecular weight excluding hydrogens is 302 g/mol. The Balaban J connectivity index is 0.00000242. The minimum atomic E-state index is -0.480. The predicted octanol–water partition coefficient (Wildman–Crippen LogP) is 1.49. The number of amides is 2. The van der Waals surface area contributed by atoms with Crippen LogP contribution in [0.1, 0.15) is 25.8 Å². The average Bonchev–Trinajstić information content (AvgIpc) is 2.74. The van der Waals surface area contributed by atoms with Crippen LogP contribution in [0.2, 0.25) is 0 Å². The molecule has 1 atom stereocenters. The van der Waals surface area contributed by atoms with E-state index >= 15 is 0 Å². The molecule has 2 amide bonds. The van der Waals surface area contributed by atoms with Crippen LogP contribution in [0.4, 0.5) is 5.69 Å². The Kier molecular flexibility index (Phi) is 6.84. The number of rotatable bonds is 6. The summed E-state index contributed by atoms with van der Waals surface area (Å²) in [6.45, 7) is 4.97. The molecule has 0 bridgehead atoms. The first-order valence-electron chi connectivity index (χ1n) is 7.40. The summed E-state index contributed by atoms with van der Waals surface area (Å²) in [5, 5.41) is 2.81. The molecule has 0 radical (unpaired) electrons. The van der Waals surface area contributed by atoms with E-state index in [0.717, 1.165) is 11.3 Å². The lowest BCUT2D eigenvalue weighted by atomic mass is 10.0. The van der Waals surface area contributed by atoms with E-state index in [1.54, 1.807) is 4.90 Å². The normalized spacial score (nSPS) is 14.5. The second kappa shape index (κ2) is 8.15. The zero-order valence-corrected chi connectivity index (χ0v) is 13.9. The molecule has 2 rings (SSSR count). The Morgan fingerprint density at radius 2 is 2.05 bits per heavy atom. The monoisotopic (exact) mass is 325 g/mol. The summed E-state index contributed by atoms with van der Waals surface area (Å²) >= 11 is 0. The summed E-state index contributed by atoms with van der Waals surface area (Å²) in [6, 6.07) is 7.27. The van der Waals surface area contributed by atoms with Gasteiger partial charge in [-0.25, -0.2) is 0 Å². The number of halogens is 1. The zero-order chi connectivity index (χ0) is 15.4. The van der Waals surface area contributed by atoms with Gasteiger partial charge in [-0.2, -0.15) is 0 Å². The number of anilines is 1. The number of hydrogen-bond acceptors (Lipinski definition) is 3. The van der Waals surface area contributed by atoms with Crippen molar-refractivity contribution >= 4 is 29.9 Å². The molecule has 0 spiro atoms. The van der Waals surface area contributed by atoms with Gasteiger partial charge in [-0.1, -0.05) is 32.0 Å². The second-order valence-corrected chi connectivity index (χ2v) is 5.88. The standard InChI is InChI=1S/C16H23N3O2.ClH/c1-11(2)9-13(17)16(21)18-7-8-19-14-6-4-3-5-12(14)10-15(19)20;/h3-6,11,13H,7-10,17H2,1-2H3,(H,18,21);1H/t13-;/m0./s1. The number of fused-ring (bicyclic) bond motifs is 1. The Hall–Kier alpha value is -1.59. The maximum absolute atomic E-state index is 12.0. The molecule has 1 heterocycles. The molecule has 0 aliphatic carbocycles. The molecule has 1 aromatic rings. The lowest BCUT2D eigenvalue weighted by molar-refractivity contribution is -0.123. The van der Waals surface area contributed by atoms with Crippen molar-refractivity contribution < 1.29 is 9.59 Å². The second-order valence-electron chi connectivity index (χ2n) is 5.88. The van der Waals surface area contributed by atoms with E-state index in [1.165, 1.54) is 0 Å². The third-order valence-electron chi connectivity index (χ3n) is 3.62. The van der Waals surface area contributed by atoms with Crippen LogP contribution in [0.5, 0.6) is 0 Å². The highest BCUT2D eigenvalue weighted by molar-refractivity contribution is 6.01. The highest BCUT2D eigenvalue weighted by Gasteiger charge is 2.26. The van der Waals surface area contributed by atoms with Crippen molar-refractivity contribution in [3.05, 3.63) is 29.8 Å². The molecule has 0 aromatic heterocycles. The number of benzene rings is 1. The maximum Gasteiger partial charge on any atom is 0.236 e. The molecule has 0 unspecified atom stereocenters. The van der Waals surface area contributed by atoms with Crippen molar-refractivity contribution in [2.45, 2.75) is 32.7 Å². The Morgan fingerprint density at radius 1 is 1.36 bits per heavy atom. The van der Waals surface area contributed by atoms with Crippen LogP contribution >= 0.6 is 12.4 Å². The van der Waals surface area contributed by atoms with Gasteiger partial charge < -0.3 is 16.0 Å². The maximum atomic E-state index is 12.0. The molecule has 1 aliphatic rings. The molecule has 1 aliphatic heterocycles. The zero-order valence-electron chi connectivity index (χ0n) is 13.0. The number of nitrogens with one attached hydrogen (secondary N) is 1. The van der Waals surface area contributed by atoms with Crippen LogP contribution in [0, 0.1) is 5.92 Å². The van der Waals surface area contributed by atoms with E-state index in [1.807, 2.05) is 38.1 Å². The number of hydrogen-bond donors (Lipinski definition) is 2. The fraction of sp³-hybridized carbons (Fsp3) is 0.500. The van der Waals surface area contributed by atoms with Crippen molar-refractivity contribution in [2.24, 2.45) is 11.7 Å². The summed E-state index contributed by atoms with van der Waals surface area (Å²) in [5.74, 6) is 0.318. The number of nitrogens with zero attached hydrogens (tertiary/aromatic N) is 1. The quantitative estimate of drug-likeness (QED) is 0.832. The van der Waals surface area contributed by atoms with E-state index in [2.05, 4.69) is 5.32 Å². The highest BCUT2D eigenvalue weighted by Crippen LogP contribution is 2.27. The first kappa shape index (κ1) is 18.5. The first-order valence-corrected chi connectivity index (χ1v) is 7.40. The van der Waals surface area contributed by atoms with Gasteiger partial charge in [0, 0.05) is 18.8 Å². The predicted molar refractivity (Wildman–Crippen MR) is 90.2 cm³/mol. The highest BCUT2D eigenvalue weighted by atomic mass is 35.5. The largest absolute Gasteiger partial charge is 0.353 e. The van der Waals surface area contributed by atoms with Crippen LogP contribution in [-0.4, -0.2) is 30.9 Å². The number of nitrogens with two attached hydrogens (primary N) is 1. The third kappa shape index (κ3) is 4.45. The smallest absolute Gasteiger partial charge is 0.236 e. The van der Waals surface area contributed by atoms with Gasteiger partial charge in [0.2, 0.25) is 11.8 Å². The van der Waals surface area contributed by atoms with Crippen molar-refractivity contribution in [3.63, 3.8) is 0 Å². The Labute approximate surface area is 137 Å². The van der Waals surface area contributed by atoms with E-state index in [0.29, 0.717) is 31.8 Å². The van der Waals surface area contributed by atoms with E-state index in [4.69, 9.17) is 5.73 Å². The van der Waals surface area contributed by atoms with Gasteiger partial charge >= 0.3 is 0 Å². The van der Waals surface area contributed by atoms with Crippen molar-refractivity contribution in [2.75, 3.05) is 18.0 Å². The van der Waals surface area contributed by atoms with Crippen molar-refractivity contribution in [1.29, 1.82) is 0 Å². The topological polar surface area (TPSA) is 75.4 Å². The molecule has 1 aromatic carbocycles. The van der Waals surface area contributed by atoms with E-state index in [9.17, 15) is 9.59 Å². The molecular formula is C16H24ClN3O2. The van der Waals surface area contributed by atoms with Crippen LogP contribution in [-0.2, 0) is 16.0 Å². The Morgan fingerprint density at radius 3 is 2.73 bits per heavy atom. The third-order valence-corrected chi connectivity index (χ3v) is 3.62. The van der Waals surface area contributed by atoms with Gasteiger partial charge in [-0.15, -0.1) is 12.4 Å². The van der Waals surface area contributed by atoms with Gasteiger partial charge in [0.25, 0.3) is 0 Å². The van der Waals surface area contributed by atoms with E-state index in [-0.39, 0.29) is 24.2 Å². The number of carbonyl (C=O) groups excluding carboxylic acids is 2. The summed E-state index contributed by atoms with van der Waals surface area (Å²) in [6.07, 6.45) is 1.11. The fourth-order valence-electron chi connectivity index (χ4n) is 2.60. The summed E-state index contributed by atoms with van der Waals surface area (Å²) in [7, 11) is 0. The molecule has 6 heteroatoms. The van der Waals surface area contributed by atoms with Crippen LogP contribution in [0.25, 0.3) is 0 Å². The van der Waals surface area contributed by atoms with Crippen LogP contribution in [0.3, 0.4) is 0 Å². The molecule has 5 nitrogen and oxygen atoms in total. The van der Waals surface area contributed by atoms with Gasteiger partial charge in [-0.05, 0) is 24.0 Å². The fourth-order valence-corrected chi connectivity index (χ4v) is 2.60. The SMILES string of the molecule is CC(C)C[C@H](N)C(=O)NCCN1C(=O)Cc2ccccc21.Cl. The molecule has 22 heavy (non-hydrogen) atoms. The van der Waals surface area contributed by atoms with Gasteiger partial charge in [0.1, 0.15) is 0 Å². The van der Waals surface area contributed by atoms with Gasteiger partial charge in [-0.3, -0.25) is 9.59 Å². The van der Waals surface area contributed by atoms with Crippen molar-refractivity contribution in [1.82, 2.24) is 5.32 Å². The average molecular weight is 326 g/mol. The number of carbonyl (C=O) groups is 2. The minimum absolute atomic E-state index is 0. The summed E-state index contributed by atoms with van der Waals surface area (Å²) < 4.78 is 0.